The average Bonchev–Trinajstić information content (AvgIpc) is 3.15. The standard InChI is InChI=1S/C17H18N2O2/c20-17(12-4-5-14-11(10-12)6-8-18-14)19-15-2-1-3-16-13(15)7-9-21-16/h4-5,7,9-10,15,18H,1-3,6,8H2,(H,19,20). The van der Waals surface area contributed by atoms with E-state index in [9.17, 15) is 4.79 Å². The maximum Gasteiger partial charge on any atom is 0.251 e. The Morgan fingerprint density at radius 2 is 2.24 bits per heavy atom. The maximum absolute atomic E-state index is 12.5. The first-order chi connectivity index (χ1) is 10.3. The summed E-state index contributed by atoms with van der Waals surface area (Å²) in [7, 11) is 0. The first-order valence-electron chi connectivity index (χ1n) is 7.55. The number of rotatable bonds is 2. The van der Waals surface area contributed by atoms with Gasteiger partial charge in [0.05, 0.1) is 12.3 Å². The number of benzene rings is 1. The van der Waals surface area contributed by atoms with E-state index in [1.54, 1.807) is 6.26 Å². The SMILES string of the molecule is O=C(NC1CCCc2occc21)c1ccc2c(c1)CCN2. The van der Waals surface area contributed by atoms with Gasteiger partial charge in [-0.25, -0.2) is 0 Å². The lowest BCUT2D eigenvalue weighted by Gasteiger charge is -2.22. The van der Waals surface area contributed by atoms with Crippen LogP contribution in [0.25, 0.3) is 0 Å². The van der Waals surface area contributed by atoms with E-state index in [2.05, 4.69) is 10.6 Å². The van der Waals surface area contributed by atoms with Gasteiger partial charge in [0, 0.05) is 29.8 Å². The van der Waals surface area contributed by atoms with Crippen LogP contribution in [0.4, 0.5) is 5.69 Å². The van der Waals surface area contributed by atoms with Crippen molar-refractivity contribution in [3.8, 4) is 0 Å². The van der Waals surface area contributed by atoms with Crippen molar-refractivity contribution in [1.82, 2.24) is 5.32 Å². The molecule has 21 heavy (non-hydrogen) atoms. The van der Waals surface area contributed by atoms with Crippen molar-refractivity contribution < 1.29 is 9.21 Å². The molecule has 0 saturated heterocycles. The fraction of sp³-hybridized carbons (Fsp3) is 0.353. The molecule has 1 aromatic heterocycles. The van der Waals surface area contributed by atoms with Crippen LogP contribution in [0, 0.1) is 0 Å². The Hall–Kier alpha value is -2.23. The number of carbonyl (C=O) groups excluding carboxylic acids is 1. The highest BCUT2D eigenvalue weighted by Gasteiger charge is 2.24. The number of amides is 1. The molecule has 0 bridgehead atoms. The maximum atomic E-state index is 12.5. The summed E-state index contributed by atoms with van der Waals surface area (Å²) >= 11 is 0. The molecule has 0 fully saturated rings. The molecule has 1 aliphatic carbocycles. The van der Waals surface area contributed by atoms with Crippen LogP contribution >= 0.6 is 0 Å². The minimum absolute atomic E-state index is 0.00347. The summed E-state index contributed by atoms with van der Waals surface area (Å²) in [6, 6.07) is 7.95. The van der Waals surface area contributed by atoms with E-state index in [1.807, 2.05) is 24.3 Å². The Kier molecular flexibility index (Phi) is 2.95. The van der Waals surface area contributed by atoms with E-state index >= 15 is 0 Å². The number of nitrogens with one attached hydrogen (secondary N) is 2. The molecule has 0 saturated carbocycles. The van der Waals surface area contributed by atoms with Crippen molar-refractivity contribution >= 4 is 11.6 Å². The molecular weight excluding hydrogens is 264 g/mol. The van der Waals surface area contributed by atoms with Crippen molar-refractivity contribution in [2.24, 2.45) is 0 Å². The Morgan fingerprint density at radius 3 is 3.19 bits per heavy atom. The van der Waals surface area contributed by atoms with Gasteiger partial charge >= 0.3 is 0 Å². The fourth-order valence-electron chi connectivity index (χ4n) is 3.32. The van der Waals surface area contributed by atoms with Crippen LogP contribution in [0.3, 0.4) is 0 Å². The first kappa shape index (κ1) is 12.5. The first-order valence-corrected chi connectivity index (χ1v) is 7.55. The van der Waals surface area contributed by atoms with Crippen molar-refractivity contribution in [2.45, 2.75) is 31.7 Å². The van der Waals surface area contributed by atoms with Crippen molar-refractivity contribution in [1.29, 1.82) is 0 Å². The Labute approximate surface area is 123 Å². The van der Waals surface area contributed by atoms with Gasteiger partial charge in [0.1, 0.15) is 5.76 Å². The molecule has 2 heterocycles. The number of aryl methyl sites for hydroxylation is 1. The number of hydrogen-bond donors (Lipinski definition) is 2. The largest absolute Gasteiger partial charge is 0.469 e. The summed E-state index contributed by atoms with van der Waals surface area (Å²) < 4.78 is 5.47. The average molecular weight is 282 g/mol. The number of carbonyl (C=O) groups is 1. The third-order valence-corrected chi connectivity index (χ3v) is 4.43. The Bertz CT molecular complexity index is 690. The van der Waals surface area contributed by atoms with Crippen LogP contribution in [-0.4, -0.2) is 12.5 Å². The fourth-order valence-corrected chi connectivity index (χ4v) is 3.32. The lowest BCUT2D eigenvalue weighted by molar-refractivity contribution is 0.0932. The van der Waals surface area contributed by atoms with Gasteiger partial charge in [-0.15, -0.1) is 0 Å². The molecule has 1 aromatic carbocycles. The zero-order chi connectivity index (χ0) is 14.2. The molecule has 0 spiro atoms. The van der Waals surface area contributed by atoms with Crippen LogP contribution in [0.5, 0.6) is 0 Å². The van der Waals surface area contributed by atoms with E-state index in [1.165, 1.54) is 5.56 Å². The predicted molar refractivity (Wildman–Crippen MR) is 80.5 cm³/mol. The van der Waals surface area contributed by atoms with Gasteiger partial charge in [-0.05, 0) is 49.1 Å². The van der Waals surface area contributed by atoms with Gasteiger partial charge in [-0.1, -0.05) is 0 Å². The molecular formula is C17H18N2O2. The summed E-state index contributed by atoms with van der Waals surface area (Å²) in [4.78, 5) is 12.5. The summed E-state index contributed by atoms with van der Waals surface area (Å²) in [5, 5.41) is 6.46. The topological polar surface area (TPSA) is 54.3 Å². The molecule has 0 radical (unpaired) electrons. The monoisotopic (exact) mass is 282 g/mol. The summed E-state index contributed by atoms with van der Waals surface area (Å²) in [5.41, 5.74) is 4.27. The van der Waals surface area contributed by atoms with Gasteiger partial charge in [-0.3, -0.25) is 4.79 Å². The predicted octanol–water partition coefficient (Wildman–Crippen LogP) is 3.06. The zero-order valence-electron chi connectivity index (χ0n) is 11.8. The molecule has 4 nitrogen and oxygen atoms in total. The van der Waals surface area contributed by atoms with E-state index in [-0.39, 0.29) is 11.9 Å². The van der Waals surface area contributed by atoms with Gasteiger partial charge < -0.3 is 15.1 Å². The second-order valence-electron chi connectivity index (χ2n) is 5.77. The molecule has 108 valence electrons. The molecule has 4 rings (SSSR count). The van der Waals surface area contributed by atoms with Crippen molar-refractivity contribution in [3.63, 3.8) is 0 Å². The molecule has 1 amide bonds. The summed E-state index contributed by atoms with van der Waals surface area (Å²) in [6.45, 7) is 0.960. The van der Waals surface area contributed by atoms with Crippen LogP contribution in [0.15, 0.2) is 34.9 Å². The lowest BCUT2D eigenvalue weighted by atomic mass is 9.93. The van der Waals surface area contributed by atoms with Crippen molar-refractivity contribution in [2.75, 3.05) is 11.9 Å². The third-order valence-electron chi connectivity index (χ3n) is 4.43. The number of hydrogen-bond acceptors (Lipinski definition) is 3. The number of anilines is 1. The molecule has 1 atom stereocenters. The molecule has 2 N–H and O–H groups in total. The van der Waals surface area contributed by atoms with Crippen LogP contribution in [0.2, 0.25) is 0 Å². The van der Waals surface area contributed by atoms with Crippen LogP contribution in [-0.2, 0) is 12.8 Å². The Balaban J connectivity index is 1.54. The van der Waals surface area contributed by atoms with Crippen LogP contribution in [0.1, 0.15) is 46.1 Å². The van der Waals surface area contributed by atoms with Gasteiger partial charge in [0.2, 0.25) is 0 Å². The summed E-state index contributed by atoms with van der Waals surface area (Å²) in [6.07, 6.45) is 5.71. The minimum Gasteiger partial charge on any atom is -0.469 e. The number of fused-ring (bicyclic) bond motifs is 2. The minimum atomic E-state index is 0.00347. The molecule has 2 aromatic rings. The van der Waals surface area contributed by atoms with Crippen molar-refractivity contribution in [3.05, 3.63) is 53.0 Å². The second kappa shape index (κ2) is 4.95. The van der Waals surface area contributed by atoms with Gasteiger partial charge in [0.25, 0.3) is 5.91 Å². The molecule has 2 aliphatic rings. The Morgan fingerprint density at radius 1 is 1.29 bits per heavy atom. The van der Waals surface area contributed by atoms with E-state index in [0.29, 0.717) is 0 Å². The molecule has 1 unspecified atom stereocenters. The van der Waals surface area contributed by atoms with E-state index in [4.69, 9.17) is 4.42 Å². The second-order valence-corrected chi connectivity index (χ2v) is 5.77. The zero-order valence-corrected chi connectivity index (χ0v) is 11.8. The molecule has 4 heteroatoms. The highest BCUT2D eigenvalue weighted by Crippen LogP contribution is 2.31. The van der Waals surface area contributed by atoms with E-state index in [0.717, 1.165) is 54.8 Å². The normalized spacial score (nSPS) is 19.5. The molecule has 1 aliphatic heterocycles. The van der Waals surface area contributed by atoms with Gasteiger partial charge in [-0.2, -0.15) is 0 Å². The smallest absolute Gasteiger partial charge is 0.251 e. The number of furan rings is 1. The van der Waals surface area contributed by atoms with E-state index < -0.39 is 0 Å². The highest BCUT2D eigenvalue weighted by molar-refractivity contribution is 5.95. The van der Waals surface area contributed by atoms with Crippen LogP contribution < -0.4 is 10.6 Å². The quantitative estimate of drug-likeness (QED) is 0.890. The highest BCUT2D eigenvalue weighted by atomic mass is 16.3. The summed E-state index contributed by atoms with van der Waals surface area (Å²) in [5.74, 6) is 1.02. The van der Waals surface area contributed by atoms with Gasteiger partial charge in [0.15, 0.2) is 0 Å². The lowest BCUT2D eigenvalue weighted by Crippen LogP contribution is -2.30. The third kappa shape index (κ3) is 2.20.